The van der Waals surface area contributed by atoms with E-state index in [1.165, 1.54) is 0 Å². The predicted molar refractivity (Wildman–Crippen MR) is 112 cm³/mol. The first-order valence-electron chi connectivity index (χ1n) is 8.67. The summed E-state index contributed by atoms with van der Waals surface area (Å²) in [5, 5.41) is 3.34. The largest absolute Gasteiger partial charge is 0.494 e. The van der Waals surface area contributed by atoms with Gasteiger partial charge in [-0.05, 0) is 19.1 Å². The molecule has 0 unspecified atom stereocenters. The summed E-state index contributed by atoms with van der Waals surface area (Å²) >= 11 is 0. The third-order valence-corrected chi connectivity index (χ3v) is 3.94. The van der Waals surface area contributed by atoms with E-state index in [1.54, 1.807) is 6.92 Å². The number of guanidine groups is 1. The quantitative estimate of drug-likeness (QED) is 0.306. The zero-order chi connectivity index (χ0) is 17.2. The number of halogens is 1. The van der Waals surface area contributed by atoms with Gasteiger partial charge in [0.25, 0.3) is 0 Å². The second kappa shape index (κ2) is 11.9. The number of aliphatic imine (C=N–C) groups is 1. The van der Waals surface area contributed by atoms with Crippen LogP contribution < -0.4 is 10.1 Å². The van der Waals surface area contributed by atoms with Crippen LogP contribution in [-0.2, 0) is 4.79 Å². The average Bonchev–Trinajstić information content (AvgIpc) is 2.61. The third kappa shape index (κ3) is 7.50. The van der Waals surface area contributed by atoms with Crippen molar-refractivity contribution in [3.8, 4) is 5.75 Å². The molecule has 1 fully saturated rings. The van der Waals surface area contributed by atoms with E-state index in [9.17, 15) is 4.79 Å². The lowest BCUT2D eigenvalue weighted by atomic mass is 10.3. The van der Waals surface area contributed by atoms with Crippen LogP contribution in [0.5, 0.6) is 5.75 Å². The molecule has 0 saturated carbocycles. The van der Waals surface area contributed by atoms with Gasteiger partial charge >= 0.3 is 0 Å². The zero-order valence-electron chi connectivity index (χ0n) is 15.1. The van der Waals surface area contributed by atoms with Crippen LogP contribution in [0, 0.1) is 0 Å². The van der Waals surface area contributed by atoms with Gasteiger partial charge in [0.1, 0.15) is 5.75 Å². The molecular formula is C18H29IN4O2. The highest BCUT2D eigenvalue weighted by atomic mass is 127. The van der Waals surface area contributed by atoms with Crippen LogP contribution in [0.15, 0.2) is 35.3 Å². The van der Waals surface area contributed by atoms with E-state index in [0.29, 0.717) is 6.61 Å². The van der Waals surface area contributed by atoms with Crippen LogP contribution in [0.25, 0.3) is 0 Å². The fourth-order valence-corrected chi connectivity index (χ4v) is 2.62. The van der Waals surface area contributed by atoms with Crippen molar-refractivity contribution in [2.75, 3.05) is 45.9 Å². The van der Waals surface area contributed by atoms with Gasteiger partial charge in [-0.15, -0.1) is 24.0 Å². The molecule has 0 radical (unpaired) electrons. The zero-order valence-corrected chi connectivity index (χ0v) is 17.4. The van der Waals surface area contributed by atoms with Crippen LogP contribution in [0.4, 0.5) is 0 Å². The van der Waals surface area contributed by atoms with Crippen molar-refractivity contribution < 1.29 is 9.53 Å². The first-order chi connectivity index (χ1) is 11.7. The maximum Gasteiger partial charge on any atom is 0.219 e. The standard InChI is InChI=1S/C18H28N4O2.HI/c1-3-19-18(22-13-11-21(12-14-22)16(2)23)20-10-7-15-24-17-8-5-4-6-9-17;/h4-6,8-9H,3,7,10-15H2,1-2H3,(H,19,20);1H. The molecule has 1 aliphatic rings. The van der Waals surface area contributed by atoms with E-state index in [0.717, 1.165) is 57.4 Å². The van der Waals surface area contributed by atoms with E-state index in [2.05, 4.69) is 22.1 Å². The smallest absolute Gasteiger partial charge is 0.219 e. The first kappa shape index (κ1) is 21.5. The second-order valence-corrected chi connectivity index (χ2v) is 5.74. The van der Waals surface area contributed by atoms with Gasteiger partial charge in [0.15, 0.2) is 5.96 Å². The van der Waals surface area contributed by atoms with Gasteiger partial charge in [-0.1, -0.05) is 18.2 Å². The minimum Gasteiger partial charge on any atom is -0.494 e. The van der Waals surface area contributed by atoms with E-state index >= 15 is 0 Å². The Balaban J connectivity index is 0.00000312. The van der Waals surface area contributed by atoms with Crippen LogP contribution in [0.1, 0.15) is 20.3 Å². The molecule has 1 aromatic rings. The summed E-state index contributed by atoms with van der Waals surface area (Å²) in [6, 6.07) is 9.84. The average molecular weight is 460 g/mol. The van der Waals surface area contributed by atoms with Gasteiger partial charge in [0.2, 0.25) is 5.91 Å². The topological polar surface area (TPSA) is 57.2 Å². The van der Waals surface area contributed by atoms with Gasteiger partial charge in [-0.3, -0.25) is 9.79 Å². The van der Waals surface area contributed by atoms with Gasteiger partial charge in [0.05, 0.1) is 6.61 Å². The number of ether oxygens (including phenoxy) is 1. The predicted octanol–water partition coefficient (Wildman–Crippen LogP) is 2.20. The Bertz CT molecular complexity index is 531. The van der Waals surface area contributed by atoms with Crippen molar-refractivity contribution in [1.29, 1.82) is 0 Å². The molecule has 1 amide bonds. The molecule has 1 aliphatic heterocycles. The molecule has 0 spiro atoms. The molecule has 7 heteroatoms. The second-order valence-electron chi connectivity index (χ2n) is 5.74. The number of amides is 1. The number of piperazine rings is 1. The maximum atomic E-state index is 11.4. The minimum absolute atomic E-state index is 0. The van der Waals surface area contributed by atoms with Gasteiger partial charge in [-0.2, -0.15) is 0 Å². The molecular weight excluding hydrogens is 431 g/mol. The van der Waals surface area contributed by atoms with Crippen molar-refractivity contribution >= 4 is 35.8 Å². The molecule has 140 valence electrons. The number of para-hydroxylation sites is 1. The first-order valence-corrected chi connectivity index (χ1v) is 8.67. The van der Waals surface area contributed by atoms with Gasteiger partial charge in [-0.25, -0.2) is 0 Å². The Morgan fingerprint density at radius 3 is 2.40 bits per heavy atom. The number of carbonyl (C=O) groups is 1. The summed E-state index contributed by atoms with van der Waals surface area (Å²) in [6.07, 6.45) is 0.872. The molecule has 1 N–H and O–H groups in total. The SMILES string of the molecule is CCNC(=NCCCOc1ccccc1)N1CCN(C(C)=O)CC1.I. The molecule has 1 saturated heterocycles. The fraction of sp³-hybridized carbons (Fsp3) is 0.556. The van der Waals surface area contributed by atoms with Crippen molar-refractivity contribution in [1.82, 2.24) is 15.1 Å². The lowest BCUT2D eigenvalue weighted by molar-refractivity contribution is -0.130. The van der Waals surface area contributed by atoms with Crippen LogP contribution in [0.2, 0.25) is 0 Å². The third-order valence-electron chi connectivity index (χ3n) is 3.94. The highest BCUT2D eigenvalue weighted by Gasteiger charge is 2.20. The monoisotopic (exact) mass is 460 g/mol. The Morgan fingerprint density at radius 2 is 1.80 bits per heavy atom. The lowest BCUT2D eigenvalue weighted by Gasteiger charge is -2.36. The normalized spacial score (nSPS) is 14.7. The summed E-state index contributed by atoms with van der Waals surface area (Å²) in [6.45, 7) is 9.09. The number of carbonyl (C=O) groups excluding carboxylic acids is 1. The van der Waals surface area contributed by atoms with Crippen molar-refractivity contribution in [2.24, 2.45) is 4.99 Å². The van der Waals surface area contributed by atoms with E-state index in [1.807, 2.05) is 35.2 Å². The van der Waals surface area contributed by atoms with Crippen LogP contribution in [-0.4, -0.2) is 67.5 Å². The number of rotatable bonds is 6. The highest BCUT2D eigenvalue weighted by Crippen LogP contribution is 2.08. The summed E-state index contributed by atoms with van der Waals surface area (Å²) in [7, 11) is 0. The van der Waals surface area contributed by atoms with E-state index < -0.39 is 0 Å². The molecule has 2 rings (SSSR count). The molecule has 0 aliphatic carbocycles. The van der Waals surface area contributed by atoms with Gasteiger partial charge in [0, 0.05) is 52.6 Å². The Morgan fingerprint density at radius 1 is 1.16 bits per heavy atom. The molecule has 0 bridgehead atoms. The maximum absolute atomic E-state index is 11.4. The number of hydrogen-bond acceptors (Lipinski definition) is 3. The highest BCUT2D eigenvalue weighted by molar-refractivity contribution is 14.0. The summed E-state index contributed by atoms with van der Waals surface area (Å²) in [4.78, 5) is 20.2. The van der Waals surface area contributed by atoms with Crippen molar-refractivity contribution in [2.45, 2.75) is 20.3 Å². The Kier molecular flexibility index (Phi) is 10.3. The number of hydrogen-bond donors (Lipinski definition) is 1. The molecule has 0 aromatic heterocycles. The summed E-state index contributed by atoms with van der Waals surface area (Å²) < 4.78 is 5.69. The van der Waals surface area contributed by atoms with Crippen molar-refractivity contribution in [3.05, 3.63) is 30.3 Å². The molecule has 25 heavy (non-hydrogen) atoms. The summed E-state index contributed by atoms with van der Waals surface area (Å²) in [5.74, 6) is 1.98. The van der Waals surface area contributed by atoms with E-state index in [4.69, 9.17) is 4.74 Å². The minimum atomic E-state index is 0. The van der Waals surface area contributed by atoms with Crippen LogP contribution >= 0.6 is 24.0 Å². The van der Waals surface area contributed by atoms with Crippen LogP contribution in [0.3, 0.4) is 0 Å². The number of nitrogens with one attached hydrogen (secondary N) is 1. The molecule has 1 heterocycles. The number of benzene rings is 1. The Labute approximate surface area is 167 Å². The summed E-state index contributed by atoms with van der Waals surface area (Å²) in [5.41, 5.74) is 0. The molecule has 6 nitrogen and oxygen atoms in total. The van der Waals surface area contributed by atoms with E-state index in [-0.39, 0.29) is 29.9 Å². The van der Waals surface area contributed by atoms with Gasteiger partial charge < -0.3 is 19.9 Å². The lowest BCUT2D eigenvalue weighted by Crippen LogP contribution is -2.53. The van der Waals surface area contributed by atoms with Crippen molar-refractivity contribution in [3.63, 3.8) is 0 Å². The number of nitrogens with zero attached hydrogens (tertiary/aromatic N) is 3. The Hall–Kier alpha value is -1.51. The molecule has 0 atom stereocenters. The fourth-order valence-electron chi connectivity index (χ4n) is 2.62. The molecule has 1 aromatic carbocycles.